The van der Waals surface area contributed by atoms with E-state index in [2.05, 4.69) is 0 Å². The molecule has 0 atom stereocenters. The van der Waals surface area contributed by atoms with Gasteiger partial charge >= 0.3 is 0 Å². The van der Waals surface area contributed by atoms with Crippen LogP contribution in [0.15, 0.2) is 47.5 Å². The number of nitrogens with zero attached hydrogens (tertiary/aromatic N) is 1. The summed E-state index contributed by atoms with van der Waals surface area (Å²) in [5.74, 6) is 0.617. The molecule has 0 saturated carbocycles. The molecule has 0 spiro atoms. The first-order valence-electron chi connectivity index (χ1n) is 8.75. The second-order valence-corrected chi connectivity index (χ2v) is 9.75. The van der Waals surface area contributed by atoms with Crippen LogP contribution in [0.25, 0.3) is 10.9 Å². The molecule has 0 N–H and O–H groups in total. The van der Waals surface area contributed by atoms with Gasteiger partial charge in [-0.3, -0.25) is 0 Å². The fourth-order valence-electron chi connectivity index (χ4n) is 3.09. The molecule has 0 amide bonds. The number of ether oxygens (including phenoxy) is 1. The monoisotopic (exact) mass is 419 g/mol. The molecule has 3 aromatic rings. The fourth-order valence-corrected chi connectivity index (χ4v) is 4.76. The van der Waals surface area contributed by atoms with E-state index < -0.39 is 15.4 Å². The summed E-state index contributed by atoms with van der Waals surface area (Å²) < 4.78 is 33.2. The molecule has 0 fully saturated rings. The molecule has 0 radical (unpaired) electrons. The Morgan fingerprint density at radius 3 is 2.50 bits per heavy atom. The number of aldehydes is 1. The van der Waals surface area contributed by atoms with Crippen molar-refractivity contribution in [2.45, 2.75) is 32.1 Å². The minimum absolute atomic E-state index is 0.108. The van der Waals surface area contributed by atoms with Gasteiger partial charge in [-0.05, 0) is 54.8 Å². The number of fused-ring (bicyclic) bond motifs is 1. The first-order valence-corrected chi connectivity index (χ1v) is 10.6. The normalized spacial score (nSPS) is 12.3. The van der Waals surface area contributed by atoms with Crippen LogP contribution in [0.4, 0.5) is 0 Å². The number of hydrogen-bond donors (Lipinski definition) is 0. The maximum absolute atomic E-state index is 13.3. The maximum atomic E-state index is 13.3. The highest BCUT2D eigenvalue weighted by atomic mass is 35.5. The Labute approximate surface area is 169 Å². The smallest absolute Gasteiger partial charge is 0.268 e. The van der Waals surface area contributed by atoms with Crippen LogP contribution in [-0.2, 0) is 21.2 Å². The number of carbonyl (C=O) groups excluding carboxylic acids is 1. The first kappa shape index (κ1) is 20.4. The summed E-state index contributed by atoms with van der Waals surface area (Å²) in [4.78, 5) is 11.5. The molecule has 0 aliphatic heterocycles. The van der Waals surface area contributed by atoms with Crippen LogP contribution in [0, 0.1) is 12.3 Å². The van der Waals surface area contributed by atoms with E-state index in [0.717, 1.165) is 22.8 Å². The van der Waals surface area contributed by atoms with Gasteiger partial charge in [0.05, 0.1) is 17.5 Å². The maximum Gasteiger partial charge on any atom is 0.268 e. The number of hydrogen-bond acceptors (Lipinski definition) is 4. The van der Waals surface area contributed by atoms with Gasteiger partial charge in [-0.1, -0.05) is 31.5 Å². The molecule has 0 aliphatic carbocycles. The van der Waals surface area contributed by atoms with Gasteiger partial charge in [-0.2, -0.15) is 0 Å². The minimum atomic E-state index is -3.86. The van der Waals surface area contributed by atoms with Crippen molar-refractivity contribution in [3.05, 3.63) is 58.7 Å². The number of rotatable bonds is 6. The van der Waals surface area contributed by atoms with E-state index in [1.54, 1.807) is 43.6 Å². The first-order chi connectivity index (χ1) is 13.1. The van der Waals surface area contributed by atoms with Gasteiger partial charge < -0.3 is 9.53 Å². The van der Waals surface area contributed by atoms with E-state index in [4.69, 9.17) is 16.3 Å². The second kappa shape index (κ2) is 7.26. The Morgan fingerprint density at radius 1 is 1.18 bits per heavy atom. The van der Waals surface area contributed by atoms with E-state index >= 15 is 0 Å². The van der Waals surface area contributed by atoms with Gasteiger partial charge in [-0.15, -0.1) is 0 Å². The zero-order valence-corrected chi connectivity index (χ0v) is 17.8. The Hall–Kier alpha value is -2.31. The molecule has 1 heterocycles. The van der Waals surface area contributed by atoms with Crippen LogP contribution >= 0.6 is 11.6 Å². The molecular formula is C21H22ClNO4S. The quantitative estimate of drug-likeness (QED) is 0.547. The molecule has 3 rings (SSSR count). The van der Waals surface area contributed by atoms with Gasteiger partial charge in [0, 0.05) is 22.0 Å². The zero-order chi connectivity index (χ0) is 20.7. The van der Waals surface area contributed by atoms with Crippen LogP contribution in [0.3, 0.4) is 0 Å². The van der Waals surface area contributed by atoms with E-state index in [1.807, 2.05) is 20.8 Å². The summed E-state index contributed by atoms with van der Waals surface area (Å²) in [6, 6.07) is 9.89. The number of halogens is 1. The average molecular weight is 420 g/mol. The lowest BCUT2D eigenvalue weighted by atomic mass is 9.87. The van der Waals surface area contributed by atoms with Crippen molar-refractivity contribution < 1.29 is 17.9 Å². The van der Waals surface area contributed by atoms with E-state index in [0.29, 0.717) is 22.7 Å². The Balaban J connectivity index is 2.25. The lowest BCUT2D eigenvalue weighted by molar-refractivity contribution is -0.114. The van der Waals surface area contributed by atoms with Gasteiger partial charge in [0.15, 0.2) is 0 Å². The minimum Gasteiger partial charge on any atom is -0.497 e. The summed E-state index contributed by atoms with van der Waals surface area (Å²) in [5.41, 5.74) is 1.46. The standard InChI is InChI=1S/C21H22ClNO4S/c1-14-5-7-17(10-19(14)22)28(25,26)23-12-15(11-21(2,3)13-24)18-9-16(27-4)6-8-20(18)23/h5-10,12-13H,11H2,1-4H3. The third kappa shape index (κ3) is 3.66. The highest BCUT2D eigenvalue weighted by Gasteiger charge is 2.25. The van der Waals surface area contributed by atoms with Crippen molar-refractivity contribution >= 4 is 38.8 Å². The molecule has 5 nitrogen and oxygen atoms in total. The summed E-state index contributed by atoms with van der Waals surface area (Å²) in [5, 5.41) is 1.12. The number of methoxy groups -OCH3 is 1. The van der Waals surface area contributed by atoms with Gasteiger partial charge in [0.1, 0.15) is 12.0 Å². The number of aryl methyl sites for hydroxylation is 1. The van der Waals surface area contributed by atoms with Gasteiger partial charge in [0.25, 0.3) is 10.0 Å². The predicted molar refractivity (Wildman–Crippen MR) is 111 cm³/mol. The SMILES string of the molecule is COc1ccc2c(c1)c(CC(C)(C)C=O)cn2S(=O)(=O)c1ccc(C)c(Cl)c1. The van der Waals surface area contributed by atoms with E-state index in [-0.39, 0.29) is 4.90 Å². The third-order valence-electron chi connectivity index (χ3n) is 4.73. The summed E-state index contributed by atoms with van der Waals surface area (Å²) >= 11 is 6.15. The third-order valence-corrected chi connectivity index (χ3v) is 6.80. The molecule has 0 saturated heterocycles. The van der Waals surface area contributed by atoms with E-state index in [1.165, 1.54) is 10.0 Å². The molecule has 7 heteroatoms. The van der Waals surface area contributed by atoms with Crippen molar-refractivity contribution in [2.24, 2.45) is 5.41 Å². The van der Waals surface area contributed by atoms with Crippen molar-refractivity contribution in [3.8, 4) is 5.75 Å². The predicted octanol–water partition coefficient (Wildman–Crippen LogP) is 4.62. The Bertz CT molecular complexity index is 1160. The zero-order valence-electron chi connectivity index (χ0n) is 16.2. The Kier molecular flexibility index (Phi) is 5.30. The number of carbonyl (C=O) groups is 1. The highest BCUT2D eigenvalue weighted by Crippen LogP contribution is 2.33. The number of aromatic nitrogens is 1. The molecule has 2 aromatic carbocycles. The average Bonchev–Trinajstić information content (AvgIpc) is 3.01. The molecule has 0 bridgehead atoms. The van der Waals surface area contributed by atoms with Crippen LogP contribution in [0.1, 0.15) is 25.0 Å². The van der Waals surface area contributed by atoms with Crippen LogP contribution in [0.5, 0.6) is 5.75 Å². The molecule has 0 unspecified atom stereocenters. The Morgan fingerprint density at radius 2 is 1.89 bits per heavy atom. The second-order valence-electron chi connectivity index (χ2n) is 7.53. The van der Waals surface area contributed by atoms with Crippen molar-refractivity contribution in [1.82, 2.24) is 3.97 Å². The summed E-state index contributed by atoms with van der Waals surface area (Å²) in [7, 11) is -2.31. The van der Waals surface area contributed by atoms with Crippen molar-refractivity contribution in [3.63, 3.8) is 0 Å². The fraction of sp³-hybridized carbons (Fsp3) is 0.286. The summed E-state index contributed by atoms with van der Waals surface area (Å²) in [6.07, 6.45) is 2.86. The van der Waals surface area contributed by atoms with Crippen molar-refractivity contribution in [2.75, 3.05) is 7.11 Å². The largest absolute Gasteiger partial charge is 0.497 e. The van der Waals surface area contributed by atoms with Gasteiger partial charge in [-0.25, -0.2) is 12.4 Å². The summed E-state index contributed by atoms with van der Waals surface area (Å²) in [6.45, 7) is 5.45. The van der Waals surface area contributed by atoms with Gasteiger partial charge in [0.2, 0.25) is 0 Å². The topological polar surface area (TPSA) is 65.4 Å². The van der Waals surface area contributed by atoms with Crippen LogP contribution in [0.2, 0.25) is 5.02 Å². The molecular weight excluding hydrogens is 398 g/mol. The van der Waals surface area contributed by atoms with Crippen LogP contribution < -0.4 is 4.74 Å². The molecule has 148 valence electrons. The van der Waals surface area contributed by atoms with Crippen molar-refractivity contribution in [1.29, 1.82) is 0 Å². The lowest BCUT2D eigenvalue weighted by Gasteiger charge is -2.15. The highest BCUT2D eigenvalue weighted by molar-refractivity contribution is 7.90. The number of benzene rings is 2. The van der Waals surface area contributed by atoms with E-state index in [9.17, 15) is 13.2 Å². The molecule has 0 aliphatic rings. The molecule has 1 aromatic heterocycles. The molecule has 28 heavy (non-hydrogen) atoms. The lowest BCUT2D eigenvalue weighted by Crippen LogP contribution is -2.16. The van der Waals surface area contributed by atoms with Crippen LogP contribution in [-0.4, -0.2) is 25.8 Å².